The average molecular weight is 701 g/mol. The zero-order valence-electron chi connectivity index (χ0n) is 23.6. The Kier molecular flexibility index (Phi) is 8.05. The minimum atomic E-state index is 0.577. The molecule has 0 bridgehead atoms. The lowest BCUT2D eigenvalue weighted by Crippen LogP contribution is -1.94. The van der Waals surface area contributed by atoms with Gasteiger partial charge in [0.1, 0.15) is 10.7 Å². The highest BCUT2D eigenvalue weighted by Gasteiger charge is 2.13. The van der Waals surface area contributed by atoms with Crippen molar-refractivity contribution in [1.29, 1.82) is 0 Å². The van der Waals surface area contributed by atoms with Gasteiger partial charge in [0.05, 0.1) is 14.6 Å². The number of halogens is 2. The summed E-state index contributed by atoms with van der Waals surface area (Å²) in [4.78, 5) is 13.0. The number of rotatable bonds is 1. The van der Waals surface area contributed by atoms with E-state index in [0.29, 0.717) is 5.15 Å². The maximum absolute atomic E-state index is 5.59. The van der Waals surface area contributed by atoms with Gasteiger partial charge in [-0.2, -0.15) is 0 Å². The first-order chi connectivity index (χ1) is 21.7. The van der Waals surface area contributed by atoms with Crippen molar-refractivity contribution in [2.45, 2.75) is 6.42 Å². The van der Waals surface area contributed by atoms with E-state index in [0.717, 1.165) is 26.5 Å². The quantitative estimate of drug-likeness (QED) is 0.0973. The summed E-state index contributed by atoms with van der Waals surface area (Å²) in [5.41, 5.74) is 9.79. The molecule has 4 heterocycles. The highest BCUT2D eigenvalue weighted by Crippen LogP contribution is 2.32. The molecule has 4 aromatic heterocycles. The van der Waals surface area contributed by atoms with Gasteiger partial charge in [0.25, 0.3) is 0 Å². The van der Waals surface area contributed by atoms with Gasteiger partial charge in [-0.05, 0) is 75.5 Å². The van der Waals surface area contributed by atoms with E-state index in [2.05, 4.69) is 157 Å². The molecule has 212 valence electrons. The summed E-state index contributed by atoms with van der Waals surface area (Å²) in [6, 6.07) is 42.0. The van der Waals surface area contributed by atoms with Crippen LogP contribution in [0.2, 0.25) is 5.15 Å². The fourth-order valence-corrected chi connectivity index (χ4v) is 6.13. The number of fused-ring (bicyclic) bond motifs is 9. The molecule has 0 radical (unpaired) electrons. The van der Waals surface area contributed by atoms with E-state index >= 15 is 0 Å². The molecule has 0 fully saturated rings. The monoisotopic (exact) mass is 700 g/mol. The number of nitrogens with zero attached hydrogens (tertiary/aromatic N) is 4. The Hall–Kier alpha value is -4.59. The van der Waals surface area contributed by atoms with Gasteiger partial charge in [0, 0.05) is 34.7 Å². The fraction of sp³-hybridized carbons (Fsp3) is 0.0263. The lowest BCUT2D eigenvalue weighted by molar-refractivity contribution is 1.20. The third-order valence-electron chi connectivity index (χ3n) is 7.68. The van der Waals surface area contributed by atoms with Gasteiger partial charge in [0.15, 0.2) is 5.65 Å². The second-order valence-corrected chi connectivity index (χ2v) is 11.9. The highest BCUT2D eigenvalue weighted by atomic mass is 127. The predicted molar refractivity (Wildman–Crippen MR) is 192 cm³/mol. The van der Waals surface area contributed by atoms with Crippen molar-refractivity contribution in [2.24, 2.45) is 0 Å². The summed E-state index contributed by atoms with van der Waals surface area (Å²) in [7, 11) is 0. The van der Waals surface area contributed by atoms with Crippen LogP contribution in [0, 0.1) is 3.57 Å². The van der Waals surface area contributed by atoms with Crippen molar-refractivity contribution in [3.05, 3.63) is 165 Å². The number of allylic oxidation sites excluding steroid dienone is 1. The maximum Gasteiger partial charge on any atom is 0.164 e. The van der Waals surface area contributed by atoms with E-state index in [1.54, 1.807) is 18.6 Å². The molecular weight excluding hydrogens is 675 g/mol. The van der Waals surface area contributed by atoms with Crippen LogP contribution in [0.25, 0.3) is 50.0 Å². The van der Waals surface area contributed by atoms with Gasteiger partial charge in [0.2, 0.25) is 0 Å². The molecule has 0 atom stereocenters. The van der Waals surface area contributed by atoms with Crippen LogP contribution in [-0.4, -0.2) is 19.4 Å². The third kappa shape index (κ3) is 5.56. The van der Waals surface area contributed by atoms with Gasteiger partial charge < -0.3 is 0 Å². The minimum Gasteiger partial charge on any atom is -0.292 e. The Morgan fingerprint density at radius 2 is 1.36 bits per heavy atom. The molecule has 0 saturated heterocycles. The van der Waals surface area contributed by atoms with Crippen molar-refractivity contribution >= 4 is 84.2 Å². The fourth-order valence-electron chi connectivity index (χ4n) is 5.66. The SMILES string of the molecule is C1=C(c2ccccc2)Cc2ccccc21.Clc1ncccc1I.c1ccc2c(c1)cc1c3ccccc3c3nccnc3n21. The van der Waals surface area contributed by atoms with Gasteiger partial charge in [-0.3, -0.25) is 9.38 Å². The van der Waals surface area contributed by atoms with Crippen LogP contribution >= 0.6 is 34.2 Å². The van der Waals surface area contributed by atoms with E-state index in [1.807, 2.05) is 12.1 Å². The Labute approximate surface area is 273 Å². The zero-order chi connectivity index (χ0) is 29.9. The van der Waals surface area contributed by atoms with Crippen LogP contribution in [0.3, 0.4) is 0 Å². The number of aromatic nitrogens is 4. The summed E-state index contributed by atoms with van der Waals surface area (Å²) in [5.74, 6) is 0. The normalized spacial score (nSPS) is 11.9. The largest absolute Gasteiger partial charge is 0.292 e. The summed E-state index contributed by atoms with van der Waals surface area (Å²) in [6.07, 6.45) is 8.55. The second kappa shape index (κ2) is 12.6. The van der Waals surface area contributed by atoms with E-state index in [-0.39, 0.29) is 0 Å². The molecule has 1 aliphatic carbocycles. The van der Waals surface area contributed by atoms with Crippen LogP contribution in [0.4, 0.5) is 0 Å². The molecule has 6 heteroatoms. The Morgan fingerprint density at radius 3 is 2.16 bits per heavy atom. The first kappa shape index (κ1) is 28.2. The van der Waals surface area contributed by atoms with E-state index < -0.39 is 0 Å². The van der Waals surface area contributed by atoms with Crippen LogP contribution in [0.1, 0.15) is 16.7 Å². The molecular formula is C38H26ClIN4. The van der Waals surface area contributed by atoms with E-state index in [4.69, 9.17) is 11.6 Å². The summed E-state index contributed by atoms with van der Waals surface area (Å²) in [5, 5.41) is 4.16. The lowest BCUT2D eigenvalue weighted by Gasteiger charge is -2.07. The van der Waals surface area contributed by atoms with Crippen molar-refractivity contribution in [3.63, 3.8) is 0 Å². The molecule has 1 aliphatic rings. The molecule has 0 spiro atoms. The lowest BCUT2D eigenvalue weighted by atomic mass is 10.0. The van der Waals surface area contributed by atoms with Gasteiger partial charge in [-0.15, -0.1) is 0 Å². The molecule has 0 amide bonds. The van der Waals surface area contributed by atoms with Crippen molar-refractivity contribution in [2.75, 3.05) is 0 Å². The molecule has 0 aliphatic heterocycles. The molecule has 0 saturated carbocycles. The molecule has 0 N–H and O–H groups in total. The molecule has 9 rings (SSSR count). The van der Waals surface area contributed by atoms with E-state index in [9.17, 15) is 0 Å². The van der Waals surface area contributed by atoms with Crippen molar-refractivity contribution in [1.82, 2.24) is 19.4 Å². The molecule has 44 heavy (non-hydrogen) atoms. The summed E-state index contributed by atoms with van der Waals surface area (Å²) in [6.45, 7) is 0. The molecule has 8 aromatic rings. The van der Waals surface area contributed by atoms with Gasteiger partial charge in [-0.1, -0.05) is 115 Å². The first-order valence-corrected chi connectivity index (χ1v) is 15.7. The van der Waals surface area contributed by atoms with E-state index in [1.165, 1.54) is 44.1 Å². The molecule has 4 aromatic carbocycles. The first-order valence-electron chi connectivity index (χ1n) is 14.3. The van der Waals surface area contributed by atoms with Crippen molar-refractivity contribution in [3.8, 4) is 0 Å². The van der Waals surface area contributed by atoms with Crippen molar-refractivity contribution < 1.29 is 0 Å². The number of benzene rings is 4. The number of hydrogen-bond donors (Lipinski definition) is 0. The zero-order valence-corrected chi connectivity index (χ0v) is 26.5. The van der Waals surface area contributed by atoms with Crippen LogP contribution in [-0.2, 0) is 6.42 Å². The summed E-state index contributed by atoms with van der Waals surface area (Å²) < 4.78 is 3.20. The highest BCUT2D eigenvalue weighted by molar-refractivity contribution is 14.1. The molecule has 4 nitrogen and oxygen atoms in total. The Balaban J connectivity index is 0.000000118. The number of pyridine rings is 2. The Morgan fingerprint density at radius 1 is 0.636 bits per heavy atom. The predicted octanol–water partition coefficient (Wildman–Crippen LogP) is 10.3. The van der Waals surface area contributed by atoms with Gasteiger partial charge in [-0.25, -0.2) is 9.97 Å². The second-order valence-electron chi connectivity index (χ2n) is 10.4. The minimum absolute atomic E-state index is 0.577. The molecule has 0 unspecified atom stereocenters. The third-order valence-corrected chi connectivity index (χ3v) is 9.17. The number of hydrogen-bond acceptors (Lipinski definition) is 3. The van der Waals surface area contributed by atoms with Crippen LogP contribution in [0.5, 0.6) is 0 Å². The van der Waals surface area contributed by atoms with Crippen LogP contribution < -0.4 is 0 Å². The van der Waals surface area contributed by atoms with Crippen LogP contribution in [0.15, 0.2) is 140 Å². The Bertz CT molecular complexity index is 2270. The smallest absolute Gasteiger partial charge is 0.164 e. The topological polar surface area (TPSA) is 43.1 Å². The van der Waals surface area contributed by atoms with Gasteiger partial charge >= 0.3 is 0 Å². The summed E-state index contributed by atoms with van der Waals surface area (Å²) >= 11 is 7.72. The average Bonchev–Trinajstić information content (AvgIpc) is 3.70. The maximum atomic E-state index is 5.59. The number of para-hydroxylation sites is 1. The standard InChI is InChI=1S/C18H11N3.C15H12.C5H3ClIN/c1-4-8-15-12(5-1)11-16-13-6-2-3-7-14(13)17-18(21(15)16)20-10-9-19-17;1-2-6-12(7-3-1)15-10-13-8-4-5-9-14(13)11-15;6-5-4(7)2-1-3-8-5/h1-11H;1-10H,11H2;1-3H.